The van der Waals surface area contributed by atoms with Crippen molar-refractivity contribution < 1.29 is 9.84 Å². The van der Waals surface area contributed by atoms with E-state index in [9.17, 15) is 5.11 Å². The van der Waals surface area contributed by atoms with E-state index in [4.69, 9.17) is 32.9 Å². The second-order valence-corrected chi connectivity index (χ2v) is 10.4. The maximum atomic E-state index is 10.1. The van der Waals surface area contributed by atoms with Crippen molar-refractivity contribution in [3.8, 4) is 0 Å². The number of halogens is 2. The van der Waals surface area contributed by atoms with Gasteiger partial charge >= 0.3 is 0 Å². The van der Waals surface area contributed by atoms with Gasteiger partial charge in [0, 0.05) is 22.6 Å². The standard InChI is InChI=1S/C23H28Cl2N6O2/c24-17-7-14-9-26-23(29-19-10-27-31(22(19)25)15-1-2-15)28-18(14)8-16(17)13-3-5-30(6-4-13)20-11-33-12-21(20)32/h7-10,13,15,19-22,32H,1-6,11-12H2,(H,26,28,29). The van der Waals surface area contributed by atoms with Crippen molar-refractivity contribution >= 4 is 46.3 Å². The van der Waals surface area contributed by atoms with Crippen molar-refractivity contribution in [1.29, 1.82) is 0 Å². The molecule has 2 N–H and O–H groups in total. The molecular formula is C23H28Cl2N6O2. The maximum Gasteiger partial charge on any atom is 0.223 e. The van der Waals surface area contributed by atoms with Gasteiger partial charge in [-0.25, -0.2) is 9.97 Å². The molecule has 3 fully saturated rings. The van der Waals surface area contributed by atoms with Crippen LogP contribution in [0.1, 0.15) is 37.2 Å². The Morgan fingerprint density at radius 2 is 1.94 bits per heavy atom. The van der Waals surface area contributed by atoms with E-state index in [1.54, 1.807) is 6.20 Å². The average molecular weight is 491 g/mol. The largest absolute Gasteiger partial charge is 0.389 e. The lowest BCUT2D eigenvalue weighted by atomic mass is 9.88. The van der Waals surface area contributed by atoms with Gasteiger partial charge in [0.25, 0.3) is 0 Å². The summed E-state index contributed by atoms with van der Waals surface area (Å²) in [6.45, 7) is 2.90. The molecule has 10 heteroatoms. The number of piperidine rings is 1. The van der Waals surface area contributed by atoms with E-state index in [-0.39, 0.29) is 23.7 Å². The minimum atomic E-state index is -0.387. The number of alkyl halides is 1. The SMILES string of the molecule is OC1COCC1N1CCC(c2cc3nc(NC4C=NN(C5CC5)C4Cl)ncc3cc2Cl)CC1. The highest BCUT2D eigenvalue weighted by Crippen LogP contribution is 2.37. The van der Waals surface area contributed by atoms with Crippen molar-refractivity contribution in [3.63, 3.8) is 0 Å². The van der Waals surface area contributed by atoms with E-state index >= 15 is 0 Å². The van der Waals surface area contributed by atoms with E-state index in [0.717, 1.165) is 60.3 Å². The monoisotopic (exact) mass is 490 g/mol. The number of aliphatic hydroxyl groups excluding tert-OH is 1. The second-order valence-electron chi connectivity index (χ2n) is 9.53. The highest BCUT2D eigenvalue weighted by Gasteiger charge is 2.39. The summed E-state index contributed by atoms with van der Waals surface area (Å²) < 4.78 is 5.44. The zero-order chi connectivity index (χ0) is 22.5. The minimum absolute atomic E-state index is 0.111. The van der Waals surface area contributed by atoms with Crippen molar-refractivity contribution in [1.82, 2.24) is 19.9 Å². The summed E-state index contributed by atoms with van der Waals surface area (Å²) in [5.41, 5.74) is 1.77. The van der Waals surface area contributed by atoms with Gasteiger partial charge in [-0.05, 0) is 62.4 Å². The molecule has 33 heavy (non-hydrogen) atoms. The maximum absolute atomic E-state index is 10.1. The van der Waals surface area contributed by atoms with Crippen molar-refractivity contribution in [2.75, 3.05) is 31.6 Å². The van der Waals surface area contributed by atoms with Crippen LogP contribution in [0.25, 0.3) is 10.9 Å². The van der Waals surface area contributed by atoms with Gasteiger partial charge in [0.1, 0.15) is 11.5 Å². The molecule has 1 aromatic heterocycles. The number of hydrogen-bond acceptors (Lipinski definition) is 8. The molecule has 8 nitrogen and oxygen atoms in total. The summed E-state index contributed by atoms with van der Waals surface area (Å²) in [7, 11) is 0. The molecule has 1 aliphatic carbocycles. The molecule has 1 aromatic carbocycles. The molecule has 176 valence electrons. The topological polar surface area (TPSA) is 86.1 Å². The molecule has 4 aliphatic rings. The van der Waals surface area contributed by atoms with Crippen LogP contribution in [0.3, 0.4) is 0 Å². The first-order chi connectivity index (χ1) is 16.1. The van der Waals surface area contributed by atoms with Gasteiger partial charge in [0.2, 0.25) is 5.95 Å². The van der Waals surface area contributed by atoms with Gasteiger partial charge in [-0.3, -0.25) is 9.91 Å². The molecule has 4 unspecified atom stereocenters. The molecule has 1 saturated carbocycles. The summed E-state index contributed by atoms with van der Waals surface area (Å²) in [5, 5.41) is 21.6. The van der Waals surface area contributed by atoms with E-state index < -0.39 is 0 Å². The number of nitrogens with zero attached hydrogens (tertiary/aromatic N) is 5. The Kier molecular flexibility index (Phi) is 5.82. The zero-order valence-electron chi connectivity index (χ0n) is 18.3. The molecule has 0 spiro atoms. The lowest BCUT2D eigenvalue weighted by Crippen LogP contribution is -2.46. The first-order valence-corrected chi connectivity index (χ1v) is 12.6. The Hall–Kier alpha value is -1.71. The molecule has 4 atom stereocenters. The Balaban J connectivity index is 1.17. The number of nitrogens with one attached hydrogen (secondary N) is 1. The molecule has 0 radical (unpaired) electrons. The van der Waals surface area contributed by atoms with Crippen molar-refractivity contribution in [2.45, 2.75) is 61.3 Å². The third kappa shape index (κ3) is 4.28. The summed E-state index contributed by atoms with van der Waals surface area (Å²) in [4.78, 5) is 11.6. The van der Waals surface area contributed by atoms with Gasteiger partial charge in [0.15, 0.2) is 0 Å². The van der Waals surface area contributed by atoms with Crippen LogP contribution in [-0.2, 0) is 4.74 Å². The minimum Gasteiger partial charge on any atom is -0.389 e. The molecule has 4 heterocycles. The first kappa shape index (κ1) is 21.8. The quantitative estimate of drug-likeness (QED) is 0.491. The normalized spacial score (nSPS) is 31.1. The van der Waals surface area contributed by atoms with E-state index in [0.29, 0.717) is 31.1 Å². The fourth-order valence-corrected chi connectivity index (χ4v) is 5.87. The summed E-state index contributed by atoms with van der Waals surface area (Å²) >= 11 is 13.3. The molecular weight excluding hydrogens is 463 g/mol. The highest BCUT2D eigenvalue weighted by atomic mass is 35.5. The number of aromatic nitrogens is 2. The van der Waals surface area contributed by atoms with E-state index in [2.05, 4.69) is 26.4 Å². The van der Waals surface area contributed by atoms with Crippen LogP contribution in [0.15, 0.2) is 23.4 Å². The molecule has 0 bridgehead atoms. The molecule has 0 amide bonds. The van der Waals surface area contributed by atoms with Crippen molar-refractivity contribution in [2.24, 2.45) is 5.10 Å². The van der Waals surface area contributed by atoms with Gasteiger partial charge in [-0.2, -0.15) is 5.10 Å². The third-order valence-corrected chi connectivity index (χ3v) is 8.08. The fraction of sp³-hybridized carbons (Fsp3) is 0.609. The van der Waals surface area contributed by atoms with E-state index in [1.165, 1.54) is 0 Å². The van der Waals surface area contributed by atoms with Crippen LogP contribution in [0.2, 0.25) is 5.02 Å². The molecule has 2 saturated heterocycles. The number of hydrazone groups is 1. The Morgan fingerprint density at radius 1 is 1.12 bits per heavy atom. The van der Waals surface area contributed by atoms with Crippen molar-refractivity contribution in [3.05, 3.63) is 28.9 Å². The molecule has 2 aromatic rings. The number of aliphatic hydroxyl groups is 1. The fourth-order valence-electron chi connectivity index (χ4n) is 5.21. The average Bonchev–Trinajstić information content (AvgIpc) is 3.47. The third-order valence-electron chi connectivity index (χ3n) is 7.28. The van der Waals surface area contributed by atoms with Crippen LogP contribution >= 0.6 is 23.2 Å². The van der Waals surface area contributed by atoms with Gasteiger partial charge in [0.05, 0.1) is 37.1 Å². The lowest BCUT2D eigenvalue weighted by Gasteiger charge is -2.36. The Labute approximate surface area is 202 Å². The smallest absolute Gasteiger partial charge is 0.223 e. The summed E-state index contributed by atoms with van der Waals surface area (Å²) in [6.07, 6.45) is 7.55. The van der Waals surface area contributed by atoms with Crippen LogP contribution < -0.4 is 5.32 Å². The number of anilines is 1. The predicted octanol–water partition coefficient (Wildman–Crippen LogP) is 3.03. The van der Waals surface area contributed by atoms with Gasteiger partial charge in [-0.1, -0.05) is 23.2 Å². The Bertz CT molecular complexity index is 1060. The number of hydrogen-bond donors (Lipinski definition) is 2. The van der Waals surface area contributed by atoms with E-state index in [1.807, 2.05) is 17.3 Å². The summed E-state index contributed by atoms with van der Waals surface area (Å²) in [5.74, 6) is 0.908. The lowest BCUT2D eigenvalue weighted by molar-refractivity contribution is 0.0663. The van der Waals surface area contributed by atoms with Crippen LogP contribution in [0, 0.1) is 0 Å². The van der Waals surface area contributed by atoms with Crippen LogP contribution in [0.5, 0.6) is 0 Å². The number of rotatable bonds is 5. The number of fused-ring (bicyclic) bond motifs is 1. The van der Waals surface area contributed by atoms with Crippen LogP contribution in [-0.4, -0.2) is 87.2 Å². The number of benzene rings is 1. The number of likely N-dealkylation sites (tertiary alicyclic amines) is 1. The first-order valence-electron chi connectivity index (χ1n) is 11.8. The second kappa shape index (κ2) is 8.82. The predicted molar refractivity (Wildman–Crippen MR) is 129 cm³/mol. The molecule has 3 aliphatic heterocycles. The number of ether oxygens (including phenoxy) is 1. The van der Waals surface area contributed by atoms with Gasteiger partial charge < -0.3 is 15.2 Å². The Morgan fingerprint density at radius 3 is 2.67 bits per heavy atom. The zero-order valence-corrected chi connectivity index (χ0v) is 19.8. The van der Waals surface area contributed by atoms with Crippen LogP contribution in [0.4, 0.5) is 5.95 Å². The summed E-state index contributed by atoms with van der Waals surface area (Å²) in [6, 6.07) is 4.52. The highest BCUT2D eigenvalue weighted by molar-refractivity contribution is 6.32. The van der Waals surface area contributed by atoms with Gasteiger partial charge in [-0.15, -0.1) is 0 Å². The molecule has 6 rings (SSSR count).